The lowest BCUT2D eigenvalue weighted by molar-refractivity contribution is -0.140. The van der Waals surface area contributed by atoms with Crippen LogP contribution in [-0.4, -0.2) is 47.8 Å². The molecule has 0 saturated carbocycles. The van der Waals surface area contributed by atoms with Gasteiger partial charge in [0.1, 0.15) is 0 Å². The smallest absolute Gasteiger partial charge is 0.234 e. The van der Waals surface area contributed by atoms with E-state index in [9.17, 15) is 9.59 Å². The van der Waals surface area contributed by atoms with E-state index in [1.54, 1.807) is 0 Å². The molecule has 0 aliphatic carbocycles. The lowest BCUT2D eigenvalue weighted by Crippen LogP contribution is -2.45. The zero-order valence-electron chi connectivity index (χ0n) is 16.9. The number of amides is 2. The fourth-order valence-electron chi connectivity index (χ4n) is 4.09. The van der Waals surface area contributed by atoms with Gasteiger partial charge in [-0.2, -0.15) is 0 Å². The topological polar surface area (TPSA) is 40.6 Å². The number of piperidine rings is 1. The Hall–Kier alpha value is -2.62. The van der Waals surface area contributed by atoms with Gasteiger partial charge in [-0.3, -0.25) is 9.59 Å². The first-order valence-corrected chi connectivity index (χ1v) is 10.3. The maximum atomic E-state index is 13.5. The zero-order valence-corrected chi connectivity index (χ0v) is 16.9. The standard InChI is InChI=1S/C24H30N2O2/c1-3-25(4-2)23(27)21-15-17-26(18-16-21)24(28)22(19-11-7-5-8-12-19)20-13-9-6-10-14-20/h5-14,21-22H,3-4,15-18H2,1-2H3. The number of rotatable bonds is 6. The van der Waals surface area contributed by atoms with Crippen LogP contribution in [0.1, 0.15) is 43.7 Å². The Morgan fingerprint density at radius 3 is 1.79 bits per heavy atom. The van der Waals surface area contributed by atoms with Crippen molar-refractivity contribution in [1.29, 1.82) is 0 Å². The highest BCUT2D eigenvalue weighted by molar-refractivity contribution is 5.87. The quantitative estimate of drug-likeness (QED) is 0.764. The fraction of sp³-hybridized carbons (Fsp3) is 0.417. The van der Waals surface area contributed by atoms with Crippen LogP contribution in [0.4, 0.5) is 0 Å². The molecule has 2 aromatic carbocycles. The van der Waals surface area contributed by atoms with E-state index in [0.717, 1.165) is 37.1 Å². The SMILES string of the molecule is CCN(CC)C(=O)C1CCN(C(=O)C(c2ccccc2)c2ccccc2)CC1. The van der Waals surface area contributed by atoms with Crippen LogP contribution in [-0.2, 0) is 9.59 Å². The first-order chi connectivity index (χ1) is 13.7. The normalized spacial score (nSPS) is 14.9. The second-order valence-corrected chi connectivity index (χ2v) is 7.36. The molecule has 1 aliphatic heterocycles. The average molecular weight is 379 g/mol. The third-order valence-electron chi connectivity index (χ3n) is 5.74. The molecule has 1 aliphatic rings. The van der Waals surface area contributed by atoms with E-state index in [1.807, 2.05) is 84.3 Å². The number of carbonyl (C=O) groups is 2. The summed E-state index contributed by atoms with van der Waals surface area (Å²) >= 11 is 0. The molecule has 1 fully saturated rings. The highest BCUT2D eigenvalue weighted by atomic mass is 16.2. The molecule has 0 atom stereocenters. The monoisotopic (exact) mass is 378 g/mol. The van der Waals surface area contributed by atoms with Gasteiger partial charge in [-0.25, -0.2) is 0 Å². The van der Waals surface area contributed by atoms with Gasteiger partial charge in [-0.1, -0.05) is 60.7 Å². The minimum absolute atomic E-state index is 0.0378. The van der Waals surface area contributed by atoms with Gasteiger partial charge in [-0.05, 0) is 37.8 Å². The summed E-state index contributed by atoms with van der Waals surface area (Å²) < 4.78 is 0. The van der Waals surface area contributed by atoms with Crippen molar-refractivity contribution in [2.45, 2.75) is 32.6 Å². The Labute approximate surface area is 168 Å². The van der Waals surface area contributed by atoms with Crippen molar-refractivity contribution in [3.05, 3.63) is 71.8 Å². The third-order valence-corrected chi connectivity index (χ3v) is 5.74. The molecular formula is C24H30N2O2. The summed E-state index contributed by atoms with van der Waals surface area (Å²) in [6.45, 7) is 6.82. The van der Waals surface area contributed by atoms with Gasteiger partial charge >= 0.3 is 0 Å². The van der Waals surface area contributed by atoms with Crippen molar-refractivity contribution in [3.8, 4) is 0 Å². The Morgan fingerprint density at radius 1 is 0.893 bits per heavy atom. The number of benzene rings is 2. The van der Waals surface area contributed by atoms with Crippen LogP contribution in [0.3, 0.4) is 0 Å². The molecule has 2 aromatic rings. The summed E-state index contributed by atoms with van der Waals surface area (Å²) in [5.74, 6) is 0.110. The molecule has 3 rings (SSSR count). The number of hydrogen-bond acceptors (Lipinski definition) is 2. The van der Waals surface area contributed by atoms with Crippen LogP contribution < -0.4 is 0 Å². The molecule has 0 unspecified atom stereocenters. The zero-order chi connectivity index (χ0) is 19.9. The summed E-state index contributed by atoms with van der Waals surface area (Å²) in [6.07, 6.45) is 1.49. The van der Waals surface area contributed by atoms with E-state index in [4.69, 9.17) is 0 Å². The van der Waals surface area contributed by atoms with E-state index in [0.29, 0.717) is 13.1 Å². The summed E-state index contributed by atoms with van der Waals surface area (Å²) in [7, 11) is 0. The van der Waals surface area contributed by atoms with Gasteiger partial charge in [0.05, 0.1) is 5.92 Å². The molecule has 1 heterocycles. The van der Waals surface area contributed by atoms with Crippen LogP contribution in [0.15, 0.2) is 60.7 Å². The largest absolute Gasteiger partial charge is 0.343 e. The van der Waals surface area contributed by atoms with E-state index in [1.165, 1.54) is 0 Å². The summed E-state index contributed by atoms with van der Waals surface area (Å²) in [6, 6.07) is 19.9. The lowest BCUT2D eigenvalue weighted by atomic mass is 9.88. The van der Waals surface area contributed by atoms with E-state index >= 15 is 0 Å². The Bertz CT molecular complexity index is 724. The van der Waals surface area contributed by atoms with Gasteiger partial charge in [0.25, 0.3) is 0 Å². The molecule has 0 aromatic heterocycles. The van der Waals surface area contributed by atoms with E-state index in [-0.39, 0.29) is 23.7 Å². The van der Waals surface area contributed by atoms with Crippen molar-refractivity contribution in [2.75, 3.05) is 26.2 Å². The van der Waals surface area contributed by atoms with Crippen LogP contribution in [0.5, 0.6) is 0 Å². The molecule has 2 amide bonds. The van der Waals surface area contributed by atoms with Crippen LogP contribution in [0, 0.1) is 5.92 Å². The lowest BCUT2D eigenvalue weighted by Gasteiger charge is -2.35. The van der Waals surface area contributed by atoms with Gasteiger partial charge in [0.2, 0.25) is 11.8 Å². The molecule has 4 heteroatoms. The Morgan fingerprint density at radius 2 is 1.36 bits per heavy atom. The summed E-state index contributed by atoms with van der Waals surface area (Å²) in [4.78, 5) is 29.9. The Balaban J connectivity index is 1.74. The average Bonchev–Trinajstić information content (AvgIpc) is 2.76. The van der Waals surface area contributed by atoms with Crippen LogP contribution in [0.25, 0.3) is 0 Å². The van der Waals surface area contributed by atoms with Crippen molar-refractivity contribution >= 4 is 11.8 Å². The first-order valence-electron chi connectivity index (χ1n) is 10.3. The molecule has 1 saturated heterocycles. The van der Waals surface area contributed by atoms with Crippen molar-refractivity contribution < 1.29 is 9.59 Å². The highest BCUT2D eigenvalue weighted by Crippen LogP contribution is 2.29. The number of hydrogen-bond donors (Lipinski definition) is 0. The Kier molecular flexibility index (Phi) is 6.85. The number of likely N-dealkylation sites (tertiary alicyclic amines) is 1. The van der Waals surface area contributed by atoms with Crippen molar-refractivity contribution in [3.63, 3.8) is 0 Å². The van der Waals surface area contributed by atoms with Crippen LogP contribution >= 0.6 is 0 Å². The second kappa shape index (κ2) is 9.54. The summed E-state index contributed by atoms with van der Waals surface area (Å²) in [5.41, 5.74) is 2.03. The van der Waals surface area contributed by atoms with Gasteiger partial charge in [0.15, 0.2) is 0 Å². The molecule has 0 bridgehead atoms. The molecule has 148 valence electrons. The number of nitrogens with zero attached hydrogens (tertiary/aromatic N) is 2. The predicted molar refractivity (Wildman–Crippen MR) is 112 cm³/mol. The minimum atomic E-state index is -0.294. The molecule has 0 radical (unpaired) electrons. The number of carbonyl (C=O) groups excluding carboxylic acids is 2. The van der Waals surface area contributed by atoms with E-state index < -0.39 is 0 Å². The maximum Gasteiger partial charge on any atom is 0.234 e. The second-order valence-electron chi connectivity index (χ2n) is 7.36. The molecule has 28 heavy (non-hydrogen) atoms. The molecule has 0 N–H and O–H groups in total. The minimum Gasteiger partial charge on any atom is -0.343 e. The predicted octanol–water partition coefficient (Wildman–Crippen LogP) is 3.93. The molecule has 0 spiro atoms. The van der Waals surface area contributed by atoms with E-state index in [2.05, 4.69) is 0 Å². The van der Waals surface area contributed by atoms with Crippen molar-refractivity contribution in [2.24, 2.45) is 5.92 Å². The third kappa shape index (κ3) is 4.44. The molecular weight excluding hydrogens is 348 g/mol. The molecule has 4 nitrogen and oxygen atoms in total. The van der Waals surface area contributed by atoms with Gasteiger partial charge < -0.3 is 9.80 Å². The fourth-order valence-corrected chi connectivity index (χ4v) is 4.09. The van der Waals surface area contributed by atoms with Gasteiger partial charge in [-0.15, -0.1) is 0 Å². The first kappa shape index (κ1) is 20.1. The highest BCUT2D eigenvalue weighted by Gasteiger charge is 2.33. The maximum absolute atomic E-state index is 13.5. The van der Waals surface area contributed by atoms with Crippen molar-refractivity contribution in [1.82, 2.24) is 9.80 Å². The van der Waals surface area contributed by atoms with Gasteiger partial charge in [0, 0.05) is 32.1 Å². The van der Waals surface area contributed by atoms with Crippen LogP contribution in [0.2, 0.25) is 0 Å². The summed E-state index contributed by atoms with van der Waals surface area (Å²) in [5, 5.41) is 0.